The minimum absolute atomic E-state index is 0. The van der Waals surface area contributed by atoms with Crippen LogP contribution in [0, 0.1) is 0 Å². The smallest absolute Gasteiger partial charge is 0.251 e. The molecule has 4 N–H and O–H groups in total. The van der Waals surface area contributed by atoms with E-state index in [1.54, 1.807) is 24.3 Å². The van der Waals surface area contributed by atoms with E-state index < -0.39 is 0 Å². The summed E-state index contributed by atoms with van der Waals surface area (Å²) in [4.78, 5) is 23.2. The minimum atomic E-state index is -0.260. The van der Waals surface area contributed by atoms with Gasteiger partial charge < -0.3 is 16.4 Å². The number of rotatable bonds is 6. The first kappa shape index (κ1) is 21.7. The fourth-order valence-corrected chi connectivity index (χ4v) is 2.46. The van der Waals surface area contributed by atoms with E-state index in [0.29, 0.717) is 23.7 Å². The largest absolute Gasteiger partial charge is 0.350 e. The summed E-state index contributed by atoms with van der Waals surface area (Å²) in [5.74, 6) is 0.140. The lowest BCUT2D eigenvalue weighted by Crippen LogP contribution is -2.31. The van der Waals surface area contributed by atoms with Crippen LogP contribution in [0.5, 0.6) is 0 Å². The SMILES string of the molecule is CC(=O)Nc1ccc(C(=O)NCC(N)c2ccc(C(C)C)cc2)cc1.Cl. The third kappa shape index (κ3) is 6.17. The van der Waals surface area contributed by atoms with Crippen LogP contribution in [-0.4, -0.2) is 18.4 Å². The van der Waals surface area contributed by atoms with Crippen molar-refractivity contribution in [3.63, 3.8) is 0 Å². The van der Waals surface area contributed by atoms with Gasteiger partial charge in [0.25, 0.3) is 5.91 Å². The molecule has 0 aliphatic rings. The summed E-state index contributed by atoms with van der Waals surface area (Å²) in [6.07, 6.45) is 0. The van der Waals surface area contributed by atoms with Crippen LogP contribution in [0.15, 0.2) is 48.5 Å². The van der Waals surface area contributed by atoms with E-state index in [1.807, 2.05) is 12.1 Å². The predicted octanol–water partition coefficient (Wildman–Crippen LogP) is 3.62. The Hall–Kier alpha value is -2.37. The molecular weight excluding hydrogens is 350 g/mol. The number of nitrogens with two attached hydrogens (primary N) is 1. The number of halogens is 1. The highest BCUT2D eigenvalue weighted by Gasteiger charge is 2.10. The fourth-order valence-electron chi connectivity index (χ4n) is 2.46. The average Bonchev–Trinajstić information content (AvgIpc) is 2.59. The van der Waals surface area contributed by atoms with Crippen LogP contribution in [0.3, 0.4) is 0 Å². The molecule has 140 valence electrons. The van der Waals surface area contributed by atoms with Crippen LogP contribution < -0.4 is 16.4 Å². The van der Waals surface area contributed by atoms with Crippen molar-refractivity contribution in [1.82, 2.24) is 5.32 Å². The van der Waals surface area contributed by atoms with E-state index in [0.717, 1.165) is 5.56 Å². The Morgan fingerprint density at radius 3 is 2.00 bits per heavy atom. The highest BCUT2D eigenvalue weighted by molar-refractivity contribution is 5.95. The Morgan fingerprint density at radius 2 is 1.50 bits per heavy atom. The lowest BCUT2D eigenvalue weighted by Gasteiger charge is -2.15. The van der Waals surface area contributed by atoms with Crippen molar-refractivity contribution in [3.05, 3.63) is 65.2 Å². The summed E-state index contributed by atoms with van der Waals surface area (Å²) in [6, 6.07) is 14.6. The van der Waals surface area contributed by atoms with Gasteiger partial charge in [-0.3, -0.25) is 9.59 Å². The van der Waals surface area contributed by atoms with E-state index in [9.17, 15) is 9.59 Å². The van der Waals surface area contributed by atoms with Gasteiger partial charge in [0, 0.05) is 30.8 Å². The normalized spacial score (nSPS) is 11.4. The van der Waals surface area contributed by atoms with E-state index in [1.165, 1.54) is 12.5 Å². The summed E-state index contributed by atoms with van der Waals surface area (Å²) in [6.45, 7) is 6.09. The molecule has 1 unspecified atom stereocenters. The molecule has 0 saturated heterocycles. The van der Waals surface area contributed by atoms with Gasteiger partial charge in [-0.2, -0.15) is 0 Å². The molecule has 0 aliphatic heterocycles. The topological polar surface area (TPSA) is 84.2 Å². The molecule has 6 heteroatoms. The molecule has 0 aliphatic carbocycles. The third-order valence-electron chi connectivity index (χ3n) is 3.98. The Morgan fingerprint density at radius 1 is 0.962 bits per heavy atom. The maximum Gasteiger partial charge on any atom is 0.251 e. The van der Waals surface area contributed by atoms with Gasteiger partial charge in [-0.1, -0.05) is 38.1 Å². The molecule has 0 radical (unpaired) electrons. The first-order chi connectivity index (χ1) is 11.9. The van der Waals surface area contributed by atoms with Crippen LogP contribution in [0.4, 0.5) is 5.69 Å². The van der Waals surface area contributed by atoms with Crippen molar-refractivity contribution in [3.8, 4) is 0 Å². The molecule has 0 saturated carbocycles. The predicted molar refractivity (Wildman–Crippen MR) is 108 cm³/mol. The van der Waals surface area contributed by atoms with Crippen LogP contribution in [0.2, 0.25) is 0 Å². The first-order valence-electron chi connectivity index (χ1n) is 8.38. The Labute approximate surface area is 160 Å². The molecule has 2 aromatic carbocycles. The van der Waals surface area contributed by atoms with Gasteiger partial charge in [0.05, 0.1) is 0 Å². The molecule has 0 fully saturated rings. The average molecular weight is 376 g/mol. The molecule has 0 heterocycles. The van der Waals surface area contributed by atoms with Crippen molar-refractivity contribution in [1.29, 1.82) is 0 Å². The summed E-state index contributed by atoms with van der Waals surface area (Å²) >= 11 is 0. The minimum Gasteiger partial charge on any atom is -0.350 e. The molecule has 2 aromatic rings. The number of benzene rings is 2. The second kappa shape index (κ2) is 9.94. The van der Waals surface area contributed by atoms with E-state index in [2.05, 4.69) is 36.6 Å². The molecule has 1 atom stereocenters. The number of carbonyl (C=O) groups excluding carboxylic acids is 2. The highest BCUT2D eigenvalue weighted by Crippen LogP contribution is 2.17. The molecule has 2 rings (SSSR count). The monoisotopic (exact) mass is 375 g/mol. The summed E-state index contributed by atoms with van der Waals surface area (Å²) in [7, 11) is 0. The van der Waals surface area contributed by atoms with E-state index in [-0.39, 0.29) is 30.3 Å². The zero-order valence-corrected chi connectivity index (χ0v) is 16.1. The van der Waals surface area contributed by atoms with Gasteiger partial charge in [-0.15, -0.1) is 12.4 Å². The Kier molecular flexibility index (Phi) is 8.29. The van der Waals surface area contributed by atoms with E-state index in [4.69, 9.17) is 5.73 Å². The van der Waals surface area contributed by atoms with Crippen LogP contribution >= 0.6 is 12.4 Å². The van der Waals surface area contributed by atoms with Crippen LogP contribution in [0.25, 0.3) is 0 Å². The lowest BCUT2D eigenvalue weighted by molar-refractivity contribution is -0.114. The van der Waals surface area contributed by atoms with Crippen molar-refractivity contribution in [2.75, 3.05) is 11.9 Å². The Balaban J connectivity index is 0.00000338. The standard InChI is InChI=1S/C20H25N3O2.ClH/c1-13(2)15-4-6-16(7-5-15)19(21)12-22-20(25)17-8-10-18(11-9-17)23-14(3)24;/h4-11,13,19H,12,21H2,1-3H3,(H,22,25)(H,23,24);1H. The van der Waals surface area contributed by atoms with E-state index >= 15 is 0 Å². The van der Waals surface area contributed by atoms with Crippen molar-refractivity contribution >= 4 is 29.9 Å². The lowest BCUT2D eigenvalue weighted by atomic mass is 9.99. The van der Waals surface area contributed by atoms with Crippen molar-refractivity contribution in [2.24, 2.45) is 5.73 Å². The summed E-state index contributed by atoms with van der Waals surface area (Å²) < 4.78 is 0. The third-order valence-corrected chi connectivity index (χ3v) is 3.98. The van der Waals surface area contributed by atoms with Gasteiger partial charge in [0.1, 0.15) is 0 Å². The zero-order valence-electron chi connectivity index (χ0n) is 15.3. The van der Waals surface area contributed by atoms with Crippen LogP contribution in [0.1, 0.15) is 54.2 Å². The summed E-state index contributed by atoms with van der Waals surface area (Å²) in [5.41, 5.74) is 9.60. The number of carbonyl (C=O) groups is 2. The molecule has 0 spiro atoms. The first-order valence-corrected chi connectivity index (χ1v) is 8.38. The summed E-state index contributed by atoms with van der Waals surface area (Å²) in [5, 5.41) is 5.51. The molecule has 5 nitrogen and oxygen atoms in total. The molecule has 0 bridgehead atoms. The highest BCUT2D eigenvalue weighted by atomic mass is 35.5. The Bertz CT molecular complexity index is 728. The van der Waals surface area contributed by atoms with Crippen LogP contribution in [-0.2, 0) is 4.79 Å². The number of anilines is 1. The zero-order chi connectivity index (χ0) is 18.4. The number of amides is 2. The van der Waals surface area contributed by atoms with Crippen molar-refractivity contribution in [2.45, 2.75) is 32.7 Å². The molecule has 0 aromatic heterocycles. The second-order valence-corrected chi connectivity index (χ2v) is 6.40. The second-order valence-electron chi connectivity index (χ2n) is 6.40. The number of nitrogens with one attached hydrogen (secondary N) is 2. The molecule has 2 amide bonds. The fraction of sp³-hybridized carbons (Fsp3) is 0.300. The van der Waals surface area contributed by atoms with Gasteiger partial charge in [-0.05, 0) is 41.3 Å². The quantitative estimate of drug-likeness (QED) is 0.720. The molecule has 26 heavy (non-hydrogen) atoms. The maximum atomic E-state index is 12.2. The number of hydrogen-bond acceptors (Lipinski definition) is 3. The molecular formula is C20H26ClN3O2. The van der Waals surface area contributed by atoms with Crippen molar-refractivity contribution < 1.29 is 9.59 Å². The van der Waals surface area contributed by atoms with Gasteiger partial charge in [0.15, 0.2) is 0 Å². The number of hydrogen-bond donors (Lipinski definition) is 3. The van der Waals surface area contributed by atoms with Gasteiger partial charge >= 0.3 is 0 Å². The van der Waals surface area contributed by atoms with Gasteiger partial charge in [-0.25, -0.2) is 0 Å². The maximum absolute atomic E-state index is 12.2. The van der Waals surface area contributed by atoms with Gasteiger partial charge in [0.2, 0.25) is 5.91 Å².